The van der Waals surface area contributed by atoms with Crippen molar-refractivity contribution in [2.45, 2.75) is 12.5 Å². The fourth-order valence-corrected chi connectivity index (χ4v) is 1.80. The molecule has 0 radical (unpaired) electrons. The van der Waals surface area contributed by atoms with Crippen molar-refractivity contribution in [1.29, 1.82) is 0 Å². The summed E-state index contributed by atoms with van der Waals surface area (Å²) in [7, 11) is 0. The Bertz CT molecular complexity index is 464. The Hall–Kier alpha value is -1.43. The first kappa shape index (κ1) is 11.1. The maximum absolute atomic E-state index is 13.4. The first-order valence-electron chi connectivity index (χ1n) is 4.61. The summed E-state index contributed by atoms with van der Waals surface area (Å²) < 4.78 is 14.0. The topological polar surface area (TPSA) is 58.2 Å². The fourth-order valence-electron chi connectivity index (χ4n) is 1.46. The number of rotatable bonds is 2. The number of amides is 2. The van der Waals surface area contributed by atoms with Gasteiger partial charge in [0, 0.05) is 4.47 Å². The molecule has 1 aromatic carbocycles. The molecule has 1 fully saturated rings. The van der Waals surface area contributed by atoms with Gasteiger partial charge in [-0.1, -0.05) is 15.9 Å². The monoisotopic (exact) mass is 286 g/mol. The van der Waals surface area contributed by atoms with E-state index in [-0.39, 0.29) is 18.0 Å². The van der Waals surface area contributed by atoms with Gasteiger partial charge in [-0.3, -0.25) is 14.9 Å². The second-order valence-corrected chi connectivity index (χ2v) is 4.35. The van der Waals surface area contributed by atoms with Gasteiger partial charge >= 0.3 is 0 Å². The summed E-state index contributed by atoms with van der Waals surface area (Å²) in [4.78, 5) is 22.2. The number of nitrogens with one attached hydrogen (secondary N) is 2. The number of carbonyl (C=O) groups is 2. The number of hydrogen-bond acceptors (Lipinski definition) is 3. The fraction of sp³-hybridized carbons (Fsp3) is 0.200. The highest BCUT2D eigenvalue weighted by Gasteiger charge is 2.30. The lowest BCUT2D eigenvalue weighted by molar-refractivity contribution is -0.124. The molecule has 1 aliphatic heterocycles. The highest BCUT2D eigenvalue weighted by Crippen LogP contribution is 2.21. The number of carbonyl (C=O) groups excluding carboxylic acids is 2. The molecule has 84 valence electrons. The molecule has 0 saturated carbocycles. The Kier molecular flexibility index (Phi) is 2.91. The lowest BCUT2D eigenvalue weighted by atomic mass is 10.2. The minimum atomic E-state index is -0.692. The molecule has 0 bridgehead atoms. The third kappa shape index (κ3) is 2.21. The standard InChI is InChI=1S/C10H8BrFN2O2/c11-5-1-2-7(6(12)3-5)13-8-4-9(15)14-10(8)16/h1-3,8,13H,4H2,(H,14,15,16). The molecule has 0 aliphatic carbocycles. The second kappa shape index (κ2) is 4.21. The first-order chi connectivity index (χ1) is 7.56. The Morgan fingerprint density at radius 3 is 2.75 bits per heavy atom. The summed E-state index contributed by atoms with van der Waals surface area (Å²) >= 11 is 3.13. The van der Waals surface area contributed by atoms with E-state index in [1.54, 1.807) is 6.07 Å². The van der Waals surface area contributed by atoms with Crippen LogP contribution in [0.15, 0.2) is 22.7 Å². The SMILES string of the molecule is O=C1CC(Nc2ccc(Br)cc2F)C(=O)N1. The normalized spacial score (nSPS) is 19.8. The minimum absolute atomic E-state index is 0.0360. The van der Waals surface area contributed by atoms with Gasteiger partial charge in [-0.2, -0.15) is 0 Å². The number of anilines is 1. The summed E-state index contributed by atoms with van der Waals surface area (Å²) in [5, 5.41) is 4.83. The quantitative estimate of drug-likeness (QED) is 0.809. The van der Waals surface area contributed by atoms with E-state index < -0.39 is 17.8 Å². The van der Waals surface area contributed by atoms with Crippen LogP contribution in [0.4, 0.5) is 10.1 Å². The Morgan fingerprint density at radius 2 is 2.19 bits per heavy atom. The predicted molar refractivity (Wildman–Crippen MR) is 59.3 cm³/mol. The van der Waals surface area contributed by atoms with E-state index >= 15 is 0 Å². The largest absolute Gasteiger partial charge is 0.371 e. The molecule has 1 aliphatic rings. The van der Waals surface area contributed by atoms with Gasteiger partial charge in [0.2, 0.25) is 11.8 Å². The Morgan fingerprint density at radius 1 is 1.44 bits per heavy atom. The van der Waals surface area contributed by atoms with Crippen molar-refractivity contribution >= 4 is 33.4 Å². The average Bonchev–Trinajstić information content (AvgIpc) is 2.50. The van der Waals surface area contributed by atoms with E-state index in [4.69, 9.17) is 0 Å². The van der Waals surface area contributed by atoms with E-state index in [1.807, 2.05) is 0 Å². The van der Waals surface area contributed by atoms with Crippen LogP contribution in [0.5, 0.6) is 0 Å². The highest BCUT2D eigenvalue weighted by molar-refractivity contribution is 9.10. The summed E-state index contributed by atoms with van der Waals surface area (Å²) in [5.41, 5.74) is 0.207. The third-order valence-corrected chi connectivity index (χ3v) is 2.72. The molecule has 1 heterocycles. The molecular formula is C10H8BrFN2O2. The average molecular weight is 287 g/mol. The van der Waals surface area contributed by atoms with Crippen molar-refractivity contribution in [3.8, 4) is 0 Å². The van der Waals surface area contributed by atoms with Gasteiger partial charge < -0.3 is 5.32 Å². The van der Waals surface area contributed by atoms with Crippen LogP contribution in [0.3, 0.4) is 0 Å². The van der Waals surface area contributed by atoms with Gasteiger partial charge in [0.25, 0.3) is 0 Å². The van der Waals surface area contributed by atoms with E-state index in [1.165, 1.54) is 12.1 Å². The smallest absolute Gasteiger partial charge is 0.249 e. The van der Waals surface area contributed by atoms with Crippen molar-refractivity contribution in [3.05, 3.63) is 28.5 Å². The predicted octanol–water partition coefficient (Wildman–Crippen LogP) is 1.42. The van der Waals surface area contributed by atoms with E-state index in [0.29, 0.717) is 4.47 Å². The summed E-state index contributed by atoms with van der Waals surface area (Å²) in [5.74, 6) is -1.24. The van der Waals surface area contributed by atoms with Crippen LogP contribution >= 0.6 is 15.9 Å². The molecule has 2 N–H and O–H groups in total. The molecule has 2 amide bonds. The lowest BCUT2D eigenvalue weighted by Gasteiger charge is -2.11. The minimum Gasteiger partial charge on any atom is -0.371 e. The van der Waals surface area contributed by atoms with E-state index in [0.717, 1.165) is 0 Å². The van der Waals surface area contributed by atoms with Crippen LogP contribution < -0.4 is 10.6 Å². The van der Waals surface area contributed by atoms with Crippen LogP contribution in [0.25, 0.3) is 0 Å². The molecule has 6 heteroatoms. The third-order valence-electron chi connectivity index (χ3n) is 2.23. The van der Waals surface area contributed by atoms with Gasteiger partial charge in [-0.25, -0.2) is 4.39 Å². The number of benzene rings is 1. The van der Waals surface area contributed by atoms with Crippen molar-refractivity contribution in [1.82, 2.24) is 5.32 Å². The number of halogens is 2. The Balaban J connectivity index is 2.15. The molecule has 1 aromatic rings. The molecule has 1 atom stereocenters. The molecule has 1 unspecified atom stereocenters. The van der Waals surface area contributed by atoms with E-state index in [9.17, 15) is 14.0 Å². The van der Waals surface area contributed by atoms with E-state index in [2.05, 4.69) is 26.6 Å². The molecule has 0 aromatic heterocycles. The summed E-state index contributed by atoms with van der Waals surface area (Å²) in [6, 6.07) is 3.76. The van der Waals surface area contributed by atoms with Crippen molar-refractivity contribution in [2.24, 2.45) is 0 Å². The molecular weight excluding hydrogens is 279 g/mol. The van der Waals surface area contributed by atoms with Gasteiger partial charge in [0.15, 0.2) is 0 Å². The summed E-state index contributed by atoms with van der Waals surface area (Å²) in [6.45, 7) is 0. The first-order valence-corrected chi connectivity index (χ1v) is 5.41. The van der Waals surface area contributed by atoms with Crippen LogP contribution in [0.2, 0.25) is 0 Å². The summed E-state index contributed by atoms with van der Waals surface area (Å²) in [6.07, 6.45) is 0.0360. The van der Waals surface area contributed by atoms with Crippen molar-refractivity contribution in [3.63, 3.8) is 0 Å². The molecule has 2 rings (SSSR count). The van der Waals surface area contributed by atoms with Crippen LogP contribution in [0.1, 0.15) is 6.42 Å². The highest BCUT2D eigenvalue weighted by atomic mass is 79.9. The van der Waals surface area contributed by atoms with Gasteiger partial charge in [-0.15, -0.1) is 0 Å². The molecule has 4 nitrogen and oxygen atoms in total. The zero-order chi connectivity index (χ0) is 11.7. The second-order valence-electron chi connectivity index (χ2n) is 3.44. The van der Waals surface area contributed by atoms with Crippen molar-refractivity contribution in [2.75, 3.05) is 5.32 Å². The number of imide groups is 1. The Labute approximate surface area is 99.3 Å². The molecule has 16 heavy (non-hydrogen) atoms. The maximum atomic E-state index is 13.4. The van der Waals surface area contributed by atoms with Crippen LogP contribution in [-0.4, -0.2) is 17.9 Å². The number of hydrogen-bond donors (Lipinski definition) is 2. The van der Waals surface area contributed by atoms with Crippen molar-refractivity contribution < 1.29 is 14.0 Å². The zero-order valence-corrected chi connectivity index (χ0v) is 9.67. The van der Waals surface area contributed by atoms with Crippen LogP contribution in [0, 0.1) is 5.82 Å². The molecule has 0 spiro atoms. The maximum Gasteiger partial charge on any atom is 0.249 e. The van der Waals surface area contributed by atoms with Gasteiger partial charge in [-0.05, 0) is 18.2 Å². The lowest BCUT2D eigenvalue weighted by Crippen LogP contribution is -2.30. The van der Waals surface area contributed by atoms with Crippen LogP contribution in [-0.2, 0) is 9.59 Å². The molecule has 1 saturated heterocycles. The zero-order valence-electron chi connectivity index (χ0n) is 8.09. The van der Waals surface area contributed by atoms with Gasteiger partial charge in [0.05, 0.1) is 12.1 Å². The van der Waals surface area contributed by atoms with Gasteiger partial charge in [0.1, 0.15) is 11.9 Å².